The van der Waals surface area contributed by atoms with Gasteiger partial charge in [0.05, 0.1) is 0 Å². The summed E-state index contributed by atoms with van der Waals surface area (Å²) in [4.78, 5) is 2.15. The van der Waals surface area contributed by atoms with Crippen molar-refractivity contribution in [2.24, 2.45) is 0 Å². The van der Waals surface area contributed by atoms with Crippen molar-refractivity contribution in [1.29, 1.82) is 0 Å². The highest BCUT2D eigenvalue weighted by atomic mass is 32.2. The van der Waals surface area contributed by atoms with Gasteiger partial charge in [0.15, 0.2) is 20.6 Å². The molecule has 20 heavy (non-hydrogen) atoms. The van der Waals surface area contributed by atoms with Gasteiger partial charge < -0.3 is 16.0 Å². The number of rotatable bonds is 3. The fraction of sp³-hybridized carbons (Fsp3) is 0.750. The zero-order chi connectivity index (χ0) is 15.1. The van der Waals surface area contributed by atoms with Crippen LogP contribution >= 0.6 is 0 Å². The van der Waals surface area contributed by atoms with Gasteiger partial charge in [-0.3, -0.25) is 0 Å². The van der Waals surface area contributed by atoms with E-state index in [4.69, 9.17) is 5.73 Å². The zero-order valence-corrected chi connectivity index (χ0v) is 13.2. The van der Waals surface area contributed by atoms with Crippen molar-refractivity contribution in [3.63, 3.8) is 0 Å². The average Bonchev–Trinajstić information content (AvgIpc) is 2.66. The first kappa shape index (κ1) is 15.1. The molecule has 2 rings (SSSR count). The summed E-state index contributed by atoms with van der Waals surface area (Å²) in [5.41, 5.74) is 6.01. The van der Waals surface area contributed by atoms with E-state index in [1.54, 1.807) is 4.68 Å². The van der Waals surface area contributed by atoms with E-state index in [1.165, 1.54) is 6.26 Å². The minimum atomic E-state index is -3.41. The molecular formula is C12H23N5O2S. The molecule has 1 aliphatic heterocycles. The van der Waals surface area contributed by atoms with Crippen LogP contribution in [0.4, 0.5) is 11.6 Å². The molecule has 1 unspecified atom stereocenters. The number of sulfone groups is 1. The first-order valence-electron chi connectivity index (χ1n) is 6.78. The summed E-state index contributed by atoms with van der Waals surface area (Å²) in [6.07, 6.45) is 1.18. The van der Waals surface area contributed by atoms with Crippen LogP contribution in [-0.4, -0.2) is 50.1 Å². The number of aromatic nitrogens is 2. The molecule has 0 spiro atoms. The number of nitrogen functional groups attached to an aromatic ring is 1. The zero-order valence-electron chi connectivity index (χ0n) is 12.4. The second kappa shape index (κ2) is 5.25. The molecule has 0 bridgehead atoms. The molecule has 1 fully saturated rings. The third kappa shape index (κ3) is 2.76. The maximum Gasteiger partial charge on any atom is 0.182 e. The molecule has 3 N–H and O–H groups in total. The Morgan fingerprint density at radius 3 is 2.60 bits per heavy atom. The van der Waals surface area contributed by atoms with Gasteiger partial charge in [0.2, 0.25) is 0 Å². The largest absolute Gasteiger partial charge is 0.383 e. The number of nitrogens with zero attached hydrogens (tertiary/aromatic N) is 3. The minimum absolute atomic E-state index is 0.0181. The summed E-state index contributed by atoms with van der Waals surface area (Å²) < 4.78 is 25.7. The fourth-order valence-corrected chi connectivity index (χ4v) is 3.48. The molecule has 0 amide bonds. The van der Waals surface area contributed by atoms with Crippen LogP contribution in [0.1, 0.15) is 26.8 Å². The topological polar surface area (TPSA) is 93.2 Å². The molecule has 0 aromatic carbocycles. The van der Waals surface area contributed by atoms with E-state index in [0.29, 0.717) is 11.9 Å². The number of anilines is 2. The molecule has 1 aromatic rings. The number of hydrogen-bond acceptors (Lipinski definition) is 6. The van der Waals surface area contributed by atoms with Gasteiger partial charge in [-0.2, -0.15) is 5.10 Å². The lowest BCUT2D eigenvalue weighted by molar-refractivity contribution is 0.475. The second-order valence-corrected chi connectivity index (χ2v) is 7.60. The van der Waals surface area contributed by atoms with Crippen LogP contribution in [0, 0.1) is 0 Å². The van der Waals surface area contributed by atoms with Crippen LogP contribution in [0.25, 0.3) is 0 Å². The van der Waals surface area contributed by atoms with Gasteiger partial charge in [-0.25, -0.2) is 13.1 Å². The Kier molecular flexibility index (Phi) is 3.97. The summed E-state index contributed by atoms with van der Waals surface area (Å²) in [7, 11) is -3.41. The van der Waals surface area contributed by atoms with Crippen LogP contribution < -0.4 is 16.0 Å². The smallest absolute Gasteiger partial charge is 0.182 e. The van der Waals surface area contributed by atoms with Gasteiger partial charge in [-0.05, 0) is 20.8 Å². The van der Waals surface area contributed by atoms with Crippen molar-refractivity contribution < 1.29 is 8.42 Å². The normalized spacial score (nSPS) is 20.6. The molecule has 2 heterocycles. The van der Waals surface area contributed by atoms with Crippen LogP contribution in [0.5, 0.6) is 0 Å². The molecule has 1 saturated heterocycles. The maximum absolute atomic E-state index is 12.1. The number of piperazine rings is 1. The molecule has 0 aliphatic carbocycles. The average molecular weight is 301 g/mol. The van der Waals surface area contributed by atoms with Crippen molar-refractivity contribution in [1.82, 2.24) is 15.1 Å². The lowest BCUT2D eigenvalue weighted by Gasteiger charge is -2.32. The standard InChI is InChI=1S/C12H23N5O2S/c1-8(2)17-11(13)10(20(4,18)19)12(15-17)16-6-5-14-9(3)7-16/h8-9,14H,5-7,13H2,1-4H3. The summed E-state index contributed by atoms with van der Waals surface area (Å²) in [5.74, 6) is 0.704. The predicted molar refractivity (Wildman–Crippen MR) is 79.8 cm³/mol. The van der Waals surface area contributed by atoms with Gasteiger partial charge in [0.25, 0.3) is 0 Å². The molecule has 8 heteroatoms. The van der Waals surface area contributed by atoms with Crippen molar-refractivity contribution in [3.8, 4) is 0 Å². The van der Waals surface area contributed by atoms with Crippen LogP contribution in [0.2, 0.25) is 0 Å². The minimum Gasteiger partial charge on any atom is -0.383 e. The molecular weight excluding hydrogens is 278 g/mol. The van der Waals surface area contributed by atoms with Crippen LogP contribution in [0.15, 0.2) is 4.90 Å². The Hall–Kier alpha value is -1.28. The summed E-state index contributed by atoms with van der Waals surface area (Å²) in [5, 5.41) is 7.77. The van der Waals surface area contributed by atoms with Gasteiger partial charge in [-0.15, -0.1) is 0 Å². The van der Waals surface area contributed by atoms with Crippen LogP contribution in [-0.2, 0) is 9.84 Å². The van der Waals surface area contributed by atoms with Crippen molar-refractivity contribution in [3.05, 3.63) is 0 Å². The number of nitrogens with two attached hydrogens (primary N) is 1. The van der Waals surface area contributed by atoms with E-state index in [0.717, 1.165) is 19.6 Å². The fourth-order valence-electron chi connectivity index (χ4n) is 2.50. The Bertz CT molecular complexity index is 593. The first-order chi connectivity index (χ1) is 9.21. The second-order valence-electron chi connectivity index (χ2n) is 5.65. The quantitative estimate of drug-likeness (QED) is 0.831. The number of hydrogen-bond donors (Lipinski definition) is 2. The van der Waals surface area contributed by atoms with Gasteiger partial charge in [0, 0.05) is 38.0 Å². The first-order valence-corrected chi connectivity index (χ1v) is 8.67. The monoisotopic (exact) mass is 301 g/mol. The molecule has 1 atom stereocenters. The van der Waals surface area contributed by atoms with E-state index in [-0.39, 0.29) is 16.8 Å². The maximum atomic E-state index is 12.1. The summed E-state index contributed by atoms with van der Waals surface area (Å²) in [6.45, 7) is 8.17. The van der Waals surface area contributed by atoms with E-state index in [9.17, 15) is 8.42 Å². The molecule has 0 radical (unpaired) electrons. The van der Waals surface area contributed by atoms with E-state index >= 15 is 0 Å². The third-order valence-electron chi connectivity index (χ3n) is 3.41. The summed E-state index contributed by atoms with van der Waals surface area (Å²) in [6, 6.07) is 0.311. The van der Waals surface area contributed by atoms with Gasteiger partial charge in [0.1, 0.15) is 5.82 Å². The van der Waals surface area contributed by atoms with E-state index in [1.807, 2.05) is 18.7 Å². The van der Waals surface area contributed by atoms with Gasteiger partial charge >= 0.3 is 0 Å². The lowest BCUT2D eigenvalue weighted by atomic mass is 10.2. The predicted octanol–water partition coefficient (Wildman–Crippen LogP) is 0.248. The third-order valence-corrected chi connectivity index (χ3v) is 4.55. The van der Waals surface area contributed by atoms with E-state index in [2.05, 4.69) is 17.3 Å². The van der Waals surface area contributed by atoms with Gasteiger partial charge in [-0.1, -0.05) is 0 Å². The molecule has 1 aliphatic rings. The molecule has 1 aromatic heterocycles. The highest BCUT2D eigenvalue weighted by molar-refractivity contribution is 7.91. The highest BCUT2D eigenvalue weighted by Crippen LogP contribution is 2.32. The Balaban J connectivity index is 2.54. The number of nitrogens with one attached hydrogen (secondary N) is 1. The Morgan fingerprint density at radius 1 is 1.45 bits per heavy atom. The molecule has 0 saturated carbocycles. The Morgan fingerprint density at radius 2 is 2.10 bits per heavy atom. The Labute approximate surface area is 120 Å². The lowest BCUT2D eigenvalue weighted by Crippen LogP contribution is -2.49. The highest BCUT2D eigenvalue weighted by Gasteiger charge is 2.30. The van der Waals surface area contributed by atoms with E-state index < -0.39 is 9.84 Å². The van der Waals surface area contributed by atoms with Crippen molar-refractivity contribution >= 4 is 21.5 Å². The summed E-state index contributed by atoms with van der Waals surface area (Å²) >= 11 is 0. The van der Waals surface area contributed by atoms with Crippen LogP contribution in [0.3, 0.4) is 0 Å². The molecule has 114 valence electrons. The molecule has 7 nitrogen and oxygen atoms in total. The van der Waals surface area contributed by atoms with Crippen molar-refractivity contribution in [2.45, 2.75) is 37.8 Å². The SMILES string of the molecule is CC1CN(c2nn(C(C)C)c(N)c2S(C)(=O)=O)CCN1. The van der Waals surface area contributed by atoms with Crippen molar-refractivity contribution in [2.75, 3.05) is 36.5 Å².